The molecule has 0 saturated heterocycles. The molecule has 0 unspecified atom stereocenters. The van der Waals surface area contributed by atoms with Gasteiger partial charge in [-0.15, -0.1) is 6.58 Å². The molecule has 0 radical (unpaired) electrons. The minimum atomic E-state index is 1.01. The van der Waals surface area contributed by atoms with Gasteiger partial charge in [-0.3, -0.25) is 4.99 Å². The molecule has 2 aliphatic rings. The Bertz CT molecular complexity index is 763. The third-order valence-corrected chi connectivity index (χ3v) is 6.32. The lowest BCUT2D eigenvalue weighted by atomic mass is 10.0. The summed E-state index contributed by atoms with van der Waals surface area (Å²) in [7, 11) is 0. The fourth-order valence-electron chi connectivity index (χ4n) is 4.16. The van der Waals surface area contributed by atoms with Crippen molar-refractivity contribution in [1.82, 2.24) is 0 Å². The number of rotatable bonds is 5. The fraction of sp³-hybridized carbons (Fsp3) is 0.559. The number of aryl methyl sites for hydroxylation is 1. The summed E-state index contributed by atoms with van der Waals surface area (Å²) >= 11 is 0. The predicted octanol–water partition coefficient (Wildman–Crippen LogP) is 11.3. The van der Waals surface area contributed by atoms with Gasteiger partial charge in [0, 0.05) is 11.3 Å². The van der Waals surface area contributed by atoms with Gasteiger partial charge in [0.2, 0.25) is 0 Å². The topological polar surface area (TPSA) is 12.4 Å². The van der Waals surface area contributed by atoms with E-state index in [-0.39, 0.29) is 0 Å². The minimum Gasteiger partial charge on any atom is -0.258 e. The first-order chi connectivity index (χ1) is 16.8. The number of hydrogen-bond acceptors (Lipinski definition) is 1. The van der Waals surface area contributed by atoms with E-state index >= 15 is 0 Å². The number of allylic oxidation sites excluding steroid dienone is 5. The van der Waals surface area contributed by atoms with E-state index in [0.29, 0.717) is 0 Å². The SMILES string of the molecule is C1CCCCC1.C=C(/C=C\C)/C(C)=C(/N=C(C)C)c1ccc(CC)cc1.C=CC.CC1CCCC1. The first-order valence-electron chi connectivity index (χ1n) is 14.0. The van der Waals surface area contributed by atoms with Crippen LogP contribution in [0.25, 0.3) is 5.70 Å². The van der Waals surface area contributed by atoms with Gasteiger partial charge in [-0.25, -0.2) is 0 Å². The summed E-state index contributed by atoms with van der Waals surface area (Å²) in [5.41, 5.74) is 6.67. The Hall–Kier alpha value is -2.15. The lowest BCUT2D eigenvalue weighted by Crippen LogP contribution is -1.93. The molecule has 1 aromatic rings. The average Bonchev–Trinajstić information content (AvgIpc) is 3.35. The van der Waals surface area contributed by atoms with E-state index in [0.717, 1.165) is 40.5 Å². The second-order valence-corrected chi connectivity index (χ2v) is 10.0. The molecule has 35 heavy (non-hydrogen) atoms. The van der Waals surface area contributed by atoms with E-state index < -0.39 is 0 Å². The first kappa shape index (κ1) is 32.8. The summed E-state index contributed by atoms with van der Waals surface area (Å²) in [5.74, 6) is 1.05. The molecule has 0 spiro atoms. The van der Waals surface area contributed by atoms with E-state index in [4.69, 9.17) is 4.99 Å². The van der Waals surface area contributed by atoms with Crippen LogP contribution >= 0.6 is 0 Å². The van der Waals surface area contributed by atoms with Crippen molar-refractivity contribution >= 4 is 11.4 Å². The molecule has 1 heteroatoms. The Morgan fingerprint density at radius 1 is 0.886 bits per heavy atom. The Morgan fingerprint density at radius 3 is 1.66 bits per heavy atom. The lowest BCUT2D eigenvalue weighted by molar-refractivity contribution is 0.504. The molecule has 0 bridgehead atoms. The predicted molar refractivity (Wildman–Crippen MR) is 162 cm³/mol. The molecule has 2 saturated carbocycles. The Balaban J connectivity index is 0.000000615. The van der Waals surface area contributed by atoms with E-state index in [1.165, 1.54) is 69.8 Å². The molecule has 1 aromatic carbocycles. The van der Waals surface area contributed by atoms with Crippen LogP contribution in [-0.4, -0.2) is 5.71 Å². The van der Waals surface area contributed by atoms with Crippen molar-refractivity contribution in [2.75, 3.05) is 0 Å². The summed E-state index contributed by atoms with van der Waals surface area (Å²) < 4.78 is 0. The molecule has 0 aromatic heterocycles. The molecule has 0 aliphatic heterocycles. The third kappa shape index (κ3) is 16.2. The minimum absolute atomic E-state index is 1.01. The Morgan fingerprint density at radius 2 is 1.34 bits per heavy atom. The summed E-state index contributed by atoms with van der Waals surface area (Å²) in [6, 6.07) is 8.63. The molecule has 0 heterocycles. The largest absolute Gasteiger partial charge is 0.258 e. The summed E-state index contributed by atoms with van der Waals surface area (Å²) in [6.45, 7) is 22.0. The van der Waals surface area contributed by atoms with Crippen LogP contribution in [0, 0.1) is 5.92 Å². The normalized spacial score (nSPS) is 15.9. The molecular formula is C34H55N. The zero-order chi connectivity index (χ0) is 26.5. The van der Waals surface area contributed by atoms with Crippen LogP contribution in [-0.2, 0) is 6.42 Å². The Labute approximate surface area is 219 Å². The monoisotopic (exact) mass is 477 g/mol. The molecule has 1 nitrogen and oxygen atoms in total. The molecule has 3 rings (SSSR count). The highest BCUT2D eigenvalue weighted by Gasteiger charge is 2.08. The van der Waals surface area contributed by atoms with E-state index in [9.17, 15) is 0 Å². The number of benzene rings is 1. The van der Waals surface area contributed by atoms with Gasteiger partial charge in [0.25, 0.3) is 0 Å². The maximum absolute atomic E-state index is 4.71. The van der Waals surface area contributed by atoms with Crippen LogP contribution < -0.4 is 0 Å². The van der Waals surface area contributed by atoms with Gasteiger partial charge in [-0.05, 0) is 63.7 Å². The van der Waals surface area contributed by atoms with Crippen molar-refractivity contribution in [3.05, 3.63) is 77.9 Å². The molecule has 2 aliphatic carbocycles. The van der Waals surface area contributed by atoms with Crippen molar-refractivity contribution in [1.29, 1.82) is 0 Å². The maximum atomic E-state index is 4.71. The zero-order valence-electron chi connectivity index (χ0n) is 24.3. The zero-order valence-corrected chi connectivity index (χ0v) is 24.3. The van der Waals surface area contributed by atoms with Crippen molar-refractivity contribution in [2.45, 2.75) is 119 Å². The van der Waals surface area contributed by atoms with Gasteiger partial charge in [-0.1, -0.05) is 127 Å². The Kier molecular flexibility index (Phi) is 19.9. The van der Waals surface area contributed by atoms with Gasteiger partial charge in [0.1, 0.15) is 0 Å². The second kappa shape index (κ2) is 21.2. The average molecular weight is 478 g/mol. The van der Waals surface area contributed by atoms with Crippen LogP contribution in [0.4, 0.5) is 0 Å². The van der Waals surface area contributed by atoms with E-state index in [1.807, 2.05) is 39.8 Å². The standard InChI is InChI=1S/C19H25N.2C6H12.C3H6/c1-7-9-15(5)16(6)19(20-14(3)4)18-12-10-17(8-2)11-13-18;1-6-4-2-3-5-6;1-2-4-6-5-3-1;1-3-2/h7,9-13H,5,8H2,1-4,6H3;6H,2-5H2,1H3;1-6H2;3H,1H2,2H3/b9-7-,19-16+;;;. The van der Waals surface area contributed by atoms with Crippen LogP contribution in [0.3, 0.4) is 0 Å². The molecule has 0 amide bonds. The van der Waals surface area contributed by atoms with E-state index in [2.05, 4.69) is 58.2 Å². The van der Waals surface area contributed by atoms with Gasteiger partial charge in [-0.2, -0.15) is 0 Å². The van der Waals surface area contributed by atoms with Gasteiger partial charge in [0.05, 0.1) is 5.70 Å². The quantitative estimate of drug-likeness (QED) is 0.227. The lowest BCUT2D eigenvalue weighted by Gasteiger charge is -2.10. The molecule has 2 fully saturated rings. The molecule has 196 valence electrons. The van der Waals surface area contributed by atoms with E-state index in [1.54, 1.807) is 6.08 Å². The van der Waals surface area contributed by atoms with Crippen LogP contribution in [0.15, 0.2) is 71.8 Å². The van der Waals surface area contributed by atoms with Crippen LogP contribution in [0.5, 0.6) is 0 Å². The number of hydrogen-bond donors (Lipinski definition) is 0. The van der Waals surface area contributed by atoms with Crippen molar-refractivity contribution in [3.8, 4) is 0 Å². The van der Waals surface area contributed by atoms with Gasteiger partial charge >= 0.3 is 0 Å². The smallest absolute Gasteiger partial charge is 0.0735 e. The van der Waals surface area contributed by atoms with Crippen molar-refractivity contribution in [2.24, 2.45) is 10.9 Å². The first-order valence-corrected chi connectivity index (χ1v) is 14.0. The molecular weight excluding hydrogens is 422 g/mol. The third-order valence-electron chi connectivity index (χ3n) is 6.32. The molecule has 0 N–H and O–H groups in total. The molecule has 0 atom stereocenters. The van der Waals surface area contributed by atoms with Crippen molar-refractivity contribution in [3.63, 3.8) is 0 Å². The summed E-state index contributed by atoms with van der Waals surface area (Å²) in [4.78, 5) is 4.71. The highest BCUT2D eigenvalue weighted by atomic mass is 14.8. The van der Waals surface area contributed by atoms with Crippen molar-refractivity contribution < 1.29 is 0 Å². The maximum Gasteiger partial charge on any atom is 0.0735 e. The summed E-state index contributed by atoms with van der Waals surface area (Å²) in [5, 5.41) is 0. The summed E-state index contributed by atoms with van der Waals surface area (Å²) in [6.07, 6.45) is 21.8. The van der Waals surface area contributed by atoms with Crippen LogP contribution in [0.2, 0.25) is 0 Å². The van der Waals surface area contributed by atoms with Crippen LogP contribution in [0.1, 0.15) is 124 Å². The van der Waals surface area contributed by atoms with Gasteiger partial charge < -0.3 is 0 Å². The highest BCUT2D eigenvalue weighted by molar-refractivity contribution is 5.87. The number of nitrogens with zero attached hydrogens (tertiary/aromatic N) is 1. The fourth-order valence-corrected chi connectivity index (χ4v) is 4.16. The number of aliphatic imine (C=N–C) groups is 1. The van der Waals surface area contributed by atoms with Gasteiger partial charge in [0.15, 0.2) is 0 Å². The highest BCUT2D eigenvalue weighted by Crippen LogP contribution is 2.26. The second-order valence-electron chi connectivity index (χ2n) is 10.0.